The first kappa shape index (κ1) is 18.4. The van der Waals surface area contributed by atoms with E-state index in [-0.39, 0.29) is 17.6 Å². The fourth-order valence-electron chi connectivity index (χ4n) is 3.07. The summed E-state index contributed by atoms with van der Waals surface area (Å²) in [5, 5.41) is 6.78. The Morgan fingerprint density at radius 2 is 2.04 bits per heavy atom. The molecule has 0 aliphatic carbocycles. The molecule has 1 aromatic heterocycles. The van der Waals surface area contributed by atoms with Crippen molar-refractivity contribution in [2.75, 3.05) is 21.9 Å². The van der Waals surface area contributed by atoms with Gasteiger partial charge in [-0.05, 0) is 38.0 Å². The second-order valence-corrected chi connectivity index (χ2v) is 8.87. The highest BCUT2D eigenvalue weighted by Crippen LogP contribution is 2.30. The second-order valence-electron chi connectivity index (χ2n) is 6.86. The van der Waals surface area contributed by atoms with Crippen molar-refractivity contribution in [3.63, 3.8) is 0 Å². The smallest absolute Gasteiger partial charge is 0.261 e. The number of sulfonamides is 1. The number of amides is 1. The van der Waals surface area contributed by atoms with Crippen molar-refractivity contribution in [1.82, 2.24) is 5.16 Å². The number of aryl methyl sites for hydroxylation is 2. The molecule has 140 valence electrons. The minimum absolute atomic E-state index is 0.0270. The first-order valence-corrected chi connectivity index (χ1v) is 10.2. The molecule has 2 heterocycles. The van der Waals surface area contributed by atoms with E-state index >= 15 is 0 Å². The van der Waals surface area contributed by atoms with Crippen molar-refractivity contribution < 1.29 is 17.7 Å². The topological polar surface area (TPSA) is 92.5 Å². The van der Waals surface area contributed by atoms with Crippen LogP contribution in [-0.4, -0.2) is 31.8 Å². The van der Waals surface area contributed by atoms with Gasteiger partial charge in [0.05, 0.1) is 17.1 Å². The zero-order chi connectivity index (χ0) is 19.1. The molecule has 1 fully saturated rings. The summed E-state index contributed by atoms with van der Waals surface area (Å²) in [7, 11) is -3.27. The molecule has 0 radical (unpaired) electrons. The molecule has 3 rings (SSSR count). The molecular weight excluding hydrogens is 354 g/mol. The van der Waals surface area contributed by atoms with Crippen molar-refractivity contribution in [2.24, 2.45) is 0 Å². The van der Waals surface area contributed by atoms with E-state index in [0.29, 0.717) is 41.4 Å². The normalized spacial score (nSPS) is 16.3. The van der Waals surface area contributed by atoms with Gasteiger partial charge in [0, 0.05) is 18.2 Å². The molecule has 0 atom stereocenters. The SMILES string of the molecule is Cc1ccc(N2CCCS2(=O)=O)cc1NC(=O)c1c(C)noc1C(C)C. The van der Waals surface area contributed by atoms with Crippen LogP contribution in [0.2, 0.25) is 0 Å². The molecule has 26 heavy (non-hydrogen) atoms. The van der Waals surface area contributed by atoms with Crippen molar-refractivity contribution in [3.8, 4) is 0 Å². The van der Waals surface area contributed by atoms with Crippen molar-refractivity contribution in [3.05, 3.63) is 40.8 Å². The number of nitrogens with one attached hydrogen (secondary N) is 1. The molecule has 2 aromatic rings. The summed E-state index contributed by atoms with van der Waals surface area (Å²) in [6.07, 6.45) is 0.607. The molecule has 0 bridgehead atoms. The van der Waals surface area contributed by atoms with Gasteiger partial charge in [-0.3, -0.25) is 9.10 Å². The lowest BCUT2D eigenvalue weighted by molar-refractivity contribution is 0.102. The number of nitrogens with zero attached hydrogens (tertiary/aromatic N) is 2. The lowest BCUT2D eigenvalue weighted by Crippen LogP contribution is -2.25. The van der Waals surface area contributed by atoms with Gasteiger partial charge < -0.3 is 9.84 Å². The number of hydrogen-bond donors (Lipinski definition) is 1. The highest BCUT2D eigenvalue weighted by molar-refractivity contribution is 7.93. The second kappa shape index (κ2) is 6.75. The van der Waals surface area contributed by atoms with Crippen LogP contribution in [0.25, 0.3) is 0 Å². The fourth-order valence-corrected chi connectivity index (χ4v) is 4.63. The van der Waals surface area contributed by atoms with Crippen LogP contribution in [0.4, 0.5) is 11.4 Å². The fraction of sp³-hybridized carbons (Fsp3) is 0.444. The molecular formula is C18H23N3O4S. The summed E-state index contributed by atoms with van der Waals surface area (Å²) < 4.78 is 31.0. The first-order valence-electron chi connectivity index (χ1n) is 8.59. The molecule has 7 nitrogen and oxygen atoms in total. The molecule has 8 heteroatoms. The maximum absolute atomic E-state index is 12.8. The third kappa shape index (κ3) is 3.33. The average Bonchev–Trinajstić information content (AvgIpc) is 3.11. The van der Waals surface area contributed by atoms with Gasteiger partial charge in [-0.1, -0.05) is 25.1 Å². The predicted octanol–water partition coefficient (Wildman–Crippen LogP) is 3.21. The number of anilines is 2. The summed E-state index contributed by atoms with van der Waals surface area (Å²) in [6.45, 7) is 7.91. The summed E-state index contributed by atoms with van der Waals surface area (Å²) in [4.78, 5) is 12.8. The highest BCUT2D eigenvalue weighted by atomic mass is 32.2. The van der Waals surface area contributed by atoms with E-state index < -0.39 is 10.0 Å². The summed E-state index contributed by atoms with van der Waals surface area (Å²) in [5.41, 5.74) is 2.94. The van der Waals surface area contributed by atoms with Crippen LogP contribution in [0.5, 0.6) is 0 Å². The van der Waals surface area contributed by atoms with E-state index in [1.807, 2.05) is 26.8 Å². The Morgan fingerprint density at radius 3 is 2.65 bits per heavy atom. The Bertz CT molecular complexity index is 947. The van der Waals surface area contributed by atoms with Crippen LogP contribution in [0.1, 0.15) is 53.6 Å². The van der Waals surface area contributed by atoms with E-state index in [2.05, 4.69) is 10.5 Å². The number of rotatable bonds is 4. The lowest BCUT2D eigenvalue weighted by Gasteiger charge is -2.19. The average molecular weight is 377 g/mol. The van der Waals surface area contributed by atoms with Crippen LogP contribution in [0, 0.1) is 13.8 Å². The maximum atomic E-state index is 12.8. The minimum Gasteiger partial charge on any atom is -0.360 e. The van der Waals surface area contributed by atoms with Crippen molar-refractivity contribution in [2.45, 2.75) is 40.0 Å². The summed E-state index contributed by atoms with van der Waals surface area (Å²) in [5.74, 6) is 0.409. The van der Waals surface area contributed by atoms with Gasteiger partial charge >= 0.3 is 0 Å². The first-order chi connectivity index (χ1) is 12.2. The third-order valence-corrected chi connectivity index (χ3v) is 6.37. The lowest BCUT2D eigenvalue weighted by atomic mass is 10.0. The molecule has 1 saturated heterocycles. The summed E-state index contributed by atoms with van der Waals surface area (Å²) >= 11 is 0. The Kier molecular flexibility index (Phi) is 4.79. The third-order valence-electron chi connectivity index (χ3n) is 4.50. The van der Waals surface area contributed by atoms with Crippen molar-refractivity contribution in [1.29, 1.82) is 0 Å². The van der Waals surface area contributed by atoms with Crippen LogP contribution >= 0.6 is 0 Å². The van der Waals surface area contributed by atoms with Gasteiger partial charge in [0.1, 0.15) is 5.56 Å². The van der Waals surface area contributed by atoms with Gasteiger partial charge in [0.2, 0.25) is 10.0 Å². The Hall–Kier alpha value is -2.35. The Labute approximate surface area is 153 Å². The highest BCUT2D eigenvalue weighted by Gasteiger charge is 2.29. The number of carbonyl (C=O) groups excluding carboxylic acids is 1. The monoisotopic (exact) mass is 377 g/mol. The zero-order valence-electron chi connectivity index (χ0n) is 15.4. The number of aromatic nitrogens is 1. The van der Waals surface area contributed by atoms with Crippen LogP contribution in [0.15, 0.2) is 22.7 Å². The number of hydrogen-bond acceptors (Lipinski definition) is 5. The van der Waals surface area contributed by atoms with Gasteiger partial charge in [0.15, 0.2) is 5.76 Å². The van der Waals surface area contributed by atoms with Crippen molar-refractivity contribution >= 4 is 27.3 Å². The molecule has 1 aliphatic heterocycles. The molecule has 1 aromatic carbocycles. The van der Waals surface area contributed by atoms with Crippen LogP contribution in [0.3, 0.4) is 0 Å². The van der Waals surface area contributed by atoms with Crippen LogP contribution < -0.4 is 9.62 Å². The minimum atomic E-state index is -3.27. The molecule has 0 unspecified atom stereocenters. The quantitative estimate of drug-likeness (QED) is 0.883. The van der Waals surface area contributed by atoms with E-state index in [4.69, 9.17) is 4.52 Å². The Morgan fingerprint density at radius 1 is 1.31 bits per heavy atom. The van der Waals surface area contributed by atoms with Crippen LogP contribution in [-0.2, 0) is 10.0 Å². The largest absolute Gasteiger partial charge is 0.360 e. The molecule has 1 N–H and O–H groups in total. The van der Waals surface area contributed by atoms with E-state index in [0.717, 1.165) is 5.56 Å². The molecule has 0 saturated carbocycles. The zero-order valence-corrected chi connectivity index (χ0v) is 16.2. The van der Waals surface area contributed by atoms with Gasteiger partial charge in [-0.2, -0.15) is 0 Å². The van der Waals surface area contributed by atoms with E-state index in [1.54, 1.807) is 19.1 Å². The Balaban J connectivity index is 1.92. The molecule has 0 spiro atoms. The summed E-state index contributed by atoms with van der Waals surface area (Å²) in [6, 6.07) is 5.27. The van der Waals surface area contributed by atoms with Gasteiger partial charge in [-0.15, -0.1) is 0 Å². The number of benzene rings is 1. The van der Waals surface area contributed by atoms with E-state index in [1.165, 1.54) is 4.31 Å². The maximum Gasteiger partial charge on any atom is 0.261 e. The van der Waals surface area contributed by atoms with E-state index in [9.17, 15) is 13.2 Å². The number of carbonyl (C=O) groups is 1. The molecule has 1 aliphatic rings. The van der Waals surface area contributed by atoms with Gasteiger partial charge in [-0.25, -0.2) is 8.42 Å². The predicted molar refractivity (Wildman–Crippen MR) is 100 cm³/mol. The standard InChI is InChI=1S/C18H23N3O4S/c1-11(2)17-16(13(4)20-25-17)18(22)19-15-10-14(7-6-12(15)3)21-8-5-9-26(21,23)24/h6-7,10-11H,5,8-9H2,1-4H3,(H,19,22). The molecule has 1 amide bonds. The van der Waals surface area contributed by atoms with Gasteiger partial charge in [0.25, 0.3) is 5.91 Å².